The minimum absolute atomic E-state index is 0.556. The van der Waals surface area contributed by atoms with E-state index in [2.05, 4.69) is 44.3 Å². The van der Waals surface area contributed by atoms with E-state index in [0.717, 1.165) is 18.6 Å². The van der Waals surface area contributed by atoms with Crippen LogP contribution in [0.2, 0.25) is 0 Å². The van der Waals surface area contributed by atoms with Gasteiger partial charge in [-0.1, -0.05) is 26.0 Å². The van der Waals surface area contributed by atoms with Gasteiger partial charge in [-0.3, -0.25) is 0 Å². The number of benzene rings is 1. The van der Waals surface area contributed by atoms with Crippen LogP contribution in [0.1, 0.15) is 32.8 Å². The van der Waals surface area contributed by atoms with Crippen molar-refractivity contribution in [3.05, 3.63) is 29.8 Å². The minimum atomic E-state index is 0.556. The quantitative estimate of drug-likeness (QED) is 0.797. The maximum absolute atomic E-state index is 5.21. The lowest BCUT2D eigenvalue weighted by molar-refractivity contribution is 0.413. The summed E-state index contributed by atoms with van der Waals surface area (Å²) in [6.07, 6.45) is 2.25. The van der Waals surface area contributed by atoms with Crippen molar-refractivity contribution in [3.63, 3.8) is 0 Å². The van der Waals surface area contributed by atoms with Crippen LogP contribution < -0.4 is 10.1 Å². The van der Waals surface area contributed by atoms with Crippen LogP contribution in [0.4, 0.5) is 0 Å². The standard InChI is InChI=1S/C14H23NO/c1-11(2)15-12(3)8-9-13-6-5-7-14(10-13)16-4/h5-7,10-12,15H,8-9H2,1-4H3. The molecule has 1 aromatic carbocycles. The minimum Gasteiger partial charge on any atom is -0.497 e. The van der Waals surface area contributed by atoms with Crippen molar-refractivity contribution in [1.82, 2.24) is 5.32 Å². The molecule has 1 unspecified atom stereocenters. The molecule has 0 saturated carbocycles. The molecule has 0 spiro atoms. The number of aryl methyl sites for hydroxylation is 1. The first-order valence-electron chi connectivity index (χ1n) is 6.00. The first-order chi connectivity index (χ1) is 7.61. The molecular formula is C14H23NO. The van der Waals surface area contributed by atoms with E-state index < -0.39 is 0 Å². The summed E-state index contributed by atoms with van der Waals surface area (Å²) in [5.74, 6) is 0.946. The van der Waals surface area contributed by atoms with Crippen LogP contribution in [0, 0.1) is 0 Å². The van der Waals surface area contributed by atoms with Crippen molar-refractivity contribution >= 4 is 0 Å². The second kappa shape index (κ2) is 6.54. The zero-order valence-electron chi connectivity index (χ0n) is 10.8. The van der Waals surface area contributed by atoms with Crippen LogP contribution in [0.5, 0.6) is 5.75 Å². The summed E-state index contributed by atoms with van der Waals surface area (Å²) in [5.41, 5.74) is 1.34. The molecule has 0 radical (unpaired) electrons. The molecule has 1 rings (SSSR count). The van der Waals surface area contributed by atoms with Gasteiger partial charge in [0, 0.05) is 12.1 Å². The van der Waals surface area contributed by atoms with Crippen molar-refractivity contribution in [2.24, 2.45) is 0 Å². The van der Waals surface area contributed by atoms with E-state index in [-0.39, 0.29) is 0 Å². The van der Waals surface area contributed by atoms with Crippen LogP contribution in [0.15, 0.2) is 24.3 Å². The second-order valence-electron chi connectivity index (χ2n) is 4.61. The summed E-state index contributed by atoms with van der Waals surface area (Å²) in [6, 6.07) is 9.42. The average molecular weight is 221 g/mol. The Hall–Kier alpha value is -1.02. The van der Waals surface area contributed by atoms with Gasteiger partial charge in [-0.2, -0.15) is 0 Å². The Kier molecular flexibility index (Phi) is 5.33. The molecule has 0 heterocycles. The molecule has 0 aliphatic heterocycles. The highest BCUT2D eigenvalue weighted by molar-refractivity contribution is 5.28. The van der Waals surface area contributed by atoms with Crippen LogP contribution in [-0.2, 0) is 6.42 Å². The average Bonchev–Trinajstić information content (AvgIpc) is 2.26. The molecule has 0 amide bonds. The van der Waals surface area contributed by atoms with Crippen LogP contribution >= 0.6 is 0 Å². The van der Waals surface area contributed by atoms with Crippen molar-refractivity contribution in [3.8, 4) is 5.75 Å². The largest absolute Gasteiger partial charge is 0.497 e. The molecule has 0 bridgehead atoms. The first-order valence-corrected chi connectivity index (χ1v) is 6.00. The maximum Gasteiger partial charge on any atom is 0.119 e. The fourth-order valence-electron chi connectivity index (χ4n) is 1.86. The molecule has 0 aromatic heterocycles. The van der Waals surface area contributed by atoms with Crippen LogP contribution in [-0.4, -0.2) is 19.2 Å². The molecule has 0 fully saturated rings. The normalized spacial score (nSPS) is 12.8. The molecule has 0 aliphatic rings. The summed E-state index contributed by atoms with van der Waals surface area (Å²) in [4.78, 5) is 0. The number of hydrogen-bond acceptors (Lipinski definition) is 2. The van der Waals surface area contributed by atoms with Crippen molar-refractivity contribution in [2.45, 2.75) is 45.7 Å². The topological polar surface area (TPSA) is 21.3 Å². The van der Waals surface area contributed by atoms with Gasteiger partial charge in [0.15, 0.2) is 0 Å². The van der Waals surface area contributed by atoms with Gasteiger partial charge in [0.05, 0.1) is 7.11 Å². The van der Waals surface area contributed by atoms with Crippen molar-refractivity contribution < 1.29 is 4.74 Å². The molecule has 90 valence electrons. The summed E-state index contributed by atoms with van der Waals surface area (Å²) >= 11 is 0. The third-order valence-corrected chi connectivity index (χ3v) is 2.62. The number of nitrogens with one attached hydrogen (secondary N) is 1. The highest BCUT2D eigenvalue weighted by Crippen LogP contribution is 2.14. The van der Waals surface area contributed by atoms with E-state index in [1.165, 1.54) is 5.56 Å². The molecule has 1 N–H and O–H groups in total. The molecule has 2 heteroatoms. The van der Waals surface area contributed by atoms with Gasteiger partial charge >= 0.3 is 0 Å². The van der Waals surface area contributed by atoms with E-state index in [1.807, 2.05) is 6.07 Å². The molecule has 16 heavy (non-hydrogen) atoms. The summed E-state index contributed by atoms with van der Waals surface area (Å²) < 4.78 is 5.21. The fourth-order valence-corrected chi connectivity index (χ4v) is 1.86. The summed E-state index contributed by atoms with van der Waals surface area (Å²) in [6.45, 7) is 6.60. The highest BCUT2D eigenvalue weighted by atomic mass is 16.5. The Morgan fingerprint density at radius 2 is 2.00 bits per heavy atom. The lowest BCUT2D eigenvalue weighted by Crippen LogP contribution is -2.32. The second-order valence-corrected chi connectivity index (χ2v) is 4.61. The van der Waals surface area contributed by atoms with Gasteiger partial charge in [0.25, 0.3) is 0 Å². The molecule has 2 nitrogen and oxygen atoms in total. The Labute approximate surface area is 99.0 Å². The number of ether oxygens (including phenoxy) is 1. The third kappa shape index (κ3) is 4.67. The Bertz CT molecular complexity index is 309. The Morgan fingerprint density at radius 1 is 1.25 bits per heavy atom. The van der Waals surface area contributed by atoms with Crippen LogP contribution in [0.25, 0.3) is 0 Å². The monoisotopic (exact) mass is 221 g/mol. The van der Waals surface area contributed by atoms with E-state index in [4.69, 9.17) is 4.74 Å². The summed E-state index contributed by atoms with van der Waals surface area (Å²) in [7, 11) is 1.71. The predicted molar refractivity (Wildman–Crippen MR) is 69.0 cm³/mol. The van der Waals surface area contributed by atoms with Gasteiger partial charge in [-0.15, -0.1) is 0 Å². The van der Waals surface area contributed by atoms with E-state index in [9.17, 15) is 0 Å². The lowest BCUT2D eigenvalue weighted by Gasteiger charge is -2.16. The maximum atomic E-state index is 5.21. The van der Waals surface area contributed by atoms with Gasteiger partial charge in [0.1, 0.15) is 5.75 Å². The van der Waals surface area contributed by atoms with Gasteiger partial charge in [-0.05, 0) is 37.5 Å². The lowest BCUT2D eigenvalue weighted by atomic mass is 10.1. The Balaban J connectivity index is 2.41. The van der Waals surface area contributed by atoms with Crippen LogP contribution in [0.3, 0.4) is 0 Å². The molecule has 0 saturated heterocycles. The third-order valence-electron chi connectivity index (χ3n) is 2.62. The van der Waals surface area contributed by atoms with Gasteiger partial charge < -0.3 is 10.1 Å². The van der Waals surface area contributed by atoms with Gasteiger partial charge in [0.2, 0.25) is 0 Å². The Morgan fingerprint density at radius 3 is 2.62 bits per heavy atom. The van der Waals surface area contributed by atoms with E-state index >= 15 is 0 Å². The first kappa shape index (κ1) is 13.0. The molecule has 1 atom stereocenters. The number of hydrogen-bond donors (Lipinski definition) is 1. The zero-order valence-corrected chi connectivity index (χ0v) is 10.8. The van der Waals surface area contributed by atoms with E-state index in [0.29, 0.717) is 12.1 Å². The fraction of sp³-hybridized carbons (Fsp3) is 0.571. The van der Waals surface area contributed by atoms with Gasteiger partial charge in [-0.25, -0.2) is 0 Å². The number of methoxy groups -OCH3 is 1. The van der Waals surface area contributed by atoms with Crippen molar-refractivity contribution in [1.29, 1.82) is 0 Å². The molecule has 1 aromatic rings. The molecule has 0 aliphatic carbocycles. The highest BCUT2D eigenvalue weighted by Gasteiger charge is 2.04. The van der Waals surface area contributed by atoms with Crippen molar-refractivity contribution in [2.75, 3.05) is 7.11 Å². The number of rotatable bonds is 6. The van der Waals surface area contributed by atoms with E-state index in [1.54, 1.807) is 7.11 Å². The smallest absolute Gasteiger partial charge is 0.119 e. The molecular weight excluding hydrogens is 198 g/mol. The SMILES string of the molecule is COc1cccc(CCC(C)NC(C)C)c1. The summed E-state index contributed by atoms with van der Waals surface area (Å²) in [5, 5.41) is 3.51. The predicted octanol–water partition coefficient (Wildman–Crippen LogP) is 3.01. The zero-order chi connectivity index (χ0) is 12.0.